The predicted octanol–water partition coefficient (Wildman–Crippen LogP) is 0.279. The molecule has 1 aliphatic carbocycles. The SMILES string of the molecule is C[C@@H]1C[C@H]1C(=O)N1C[C@@H]2[C@@H](CNC(=O)c3ccnn3C)CO[C@@H]2C1. The minimum Gasteiger partial charge on any atom is -0.376 e. The summed E-state index contributed by atoms with van der Waals surface area (Å²) in [5.74, 6) is 1.53. The first-order valence-corrected chi connectivity index (χ1v) is 8.71. The molecular weight excluding hydrogens is 308 g/mol. The lowest BCUT2D eigenvalue weighted by Gasteiger charge is -2.20. The van der Waals surface area contributed by atoms with Crippen LogP contribution in [0.5, 0.6) is 0 Å². The zero-order chi connectivity index (χ0) is 16.8. The van der Waals surface area contributed by atoms with E-state index in [0.29, 0.717) is 37.2 Å². The molecule has 1 saturated carbocycles. The van der Waals surface area contributed by atoms with Crippen molar-refractivity contribution < 1.29 is 14.3 Å². The molecule has 130 valence electrons. The molecule has 3 fully saturated rings. The molecule has 1 N–H and O–H groups in total. The maximum Gasteiger partial charge on any atom is 0.269 e. The number of amides is 2. The van der Waals surface area contributed by atoms with E-state index in [0.717, 1.165) is 13.0 Å². The first kappa shape index (κ1) is 15.6. The van der Waals surface area contributed by atoms with Crippen molar-refractivity contribution in [2.45, 2.75) is 19.4 Å². The topological polar surface area (TPSA) is 76.5 Å². The minimum absolute atomic E-state index is 0.115. The van der Waals surface area contributed by atoms with E-state index in [1.54, 1.807) is 24.0 Å². The maximum atomic E-state index is 12.4. The van der Waals surface area contributed by atoms with Crippen LogP contribution in [0.1, 0.15) is 23.8 Å². The second kappa shape index (κ2) is 5.88. The van der Waals surface area contributed by atoms with Crippen LogP contribution in [-0.2, 0) is 16.6 Å². The average molecular weight is 332 g/mol. The summed E-state index contributed by atoms with van der Waals surface area (Å²) in [4.78, 5) is 26.6. The van der Waals surface area contributed by atoms with Gasteiger partial charge < -0.3 is 15.0 Å². The van der Waals surface area contributed by atoms with Crippen molar-refractivity contribution in [1.82, 2.24) is 20.0 Å². The second-order valence-electron chi connectivity index (χ2n) is 7.41. The van der Waals surface area contributed by atoms with Crippen molar-refractivity contribution in [3.63, 3.8) is 0 Å². The maximum absolute atomic E-state index is 12.4. The number of nitrogens with zero attached hydrogens (tertiary/aromatic N) is 3. The summed E-state index contributed by atoms with van der Waals surface area (Å²) in [7, 11) is 1.75. The molecule has 24 heavy (non-hydrogen) atoms. The van der Waals surface area contributed by atoms with Gasteiger partial charge in [-0.1, -0.05) is 6.92 Å². The Kier molecular flexibility index (Phi) is 3.83. The van der Waals surface area contributed by atoms with Crippen LogP contribution in [0.25, 0.3) is 0 Å². The van der Waals surface area contributed by atoms with Gasteiger partial charge in [-0.25, -0.2) is 0 Å². The lowest BCUT2D eigenvalue weighted by atomic mass is 9.93. The third-order valence-corrected chi connectivity index (χ3v) is 5.76. The number of likely N-dealkylation sites (tertiary alicyclic amines) is 1. The first-order chi connectivity index (χ1) is 11.5. The van der Waals surface area contributed by atoms with E-state index in [1.165, 1.54) is 0 Å². The highest BCUT2D eigenvalue weighted by Gasteiger charge is 2.49. The molecular formula is C17H24N4O3. The Labute approximate surface area is 141 Å². The van der Waals surface area contributed by atoms with Gasteiger partial charge in [-0.2, -0.15) is 5.10 Å². The van der Waals surface area contributed by atoms with E-state index in [1.807, 2.05) is 4.90 Å². The predicted molar refractivity (Wildman–Crippen MR) is 86.1 cm³/mol. The van der Waals surface area contributed by atoms with Gasteiger partial charge in [-0.05, 0) is 18.4 Å². The molecule has 0 bridgehead atoms. The van der Waals surface area contributed by atoms with Crippen LogP contribution in [0.15, 0.2) is 12.3 Å². The molecule has 3 heterocycles. The van der Waals surface area contributed by atoms with Gasteiger partial charge in [-0.15, -0.1) is 0 Å². The van der Waals surface area contributed by atoms with Gasteiger partial charge in [0.15, 0.2) is 0 Å². The molecule has 1 aromatic rings. The van der Waals surface area contributed by atoms with Crippen molar-refractivity contribution in [1.29, 1.82) is 0 Å². The monoisotopic (exact) mass is 332 g/mol. The van der Waals surface area contributed by atoms with Crippen LogP contribution in [0.3, 0.4) is 0 Å². The molecule has 0 radical (unpaired) electrons. The zero-order valence-electron chi connectivity index (χ0n) is 14.1. The Morgan fingerprint density at radius 2 is 2.21 bits per heavy atom. The fourth-order valence-corrected chi connectivity index (χ4v) is 4.00. The van der Waals surface area contributed by atoms with Crippen molar-refractivity contribution in [2.24, 2.45) is 30.7 Å². The summed E-state index contributed by atoms with van der Waals surface area (Å²) in [6.45, 7) is 4.83. The van der Waals surface area contributed by atoms with E-state index in [2.05, 4.69) is 17.3 Å². The normalized spacial score (nSPS) is 34.2. The van der Waals surface area contributed by atoms with E-state index in [9.17, 15) is 9.59 Å². The Morgan fingerprint density at radius 1 is 1.42 bits per heavy atom. The van der Waals surface area contributed by atoms with Gasteiger partial charge in [0.1, 0.15) is 5.69 Å². The average Bonchev–Trinajstić information content (AvgIpc) is 2.94. The number of hydrogen-bond donors (Lipinski definition) is 1. The highest BCUT2D eigenvalue weighted by atomic mass is 16.5. The number of rotatable bonds is 4. The lowest BCUT2D eigenvalue weighted by molar-refractivity contribution is -0.132. The summed E-state index contributed by atoms with van der Waals surface area (Å²) in [5, 5.41) is 7.00. The number of hydrogen-bond acceptors (Lipinski definition) is 4. The number of ether oxygens (including phenoxy) is 1. The van der Waals surface area contributed by atoms with E-state index in [-0.39, 0.29) is 29.8 Å². The molecule has 5 atom stereocenters. The zero-order valence-corrected chi connectivity index (χ0v) is 14.1. The van der Waals surface area contributed by atoms with Crippen LogP contribution in [0.4, 0.5) is 0 Å². The summed E-state index contributed by atoms with van der Waals surface area (Å²) in [5.41, 5.74) is 0.552. The van der Waals surface area contributed by atoms with Crippen molar-refractivity contribution in [2.75, 3.05) is 26.2 Å². The minimum atomic E-state index is -0.115. The largest absolute Gasteiger partial charge is 0.376 e. The number of carbonyl (C=O) groups is 2. The molecule has 0 spiro atoms. The van der Waals surface area contributed by atoms with Crippen LogP contribution < -0.4 is 5.32 Å². The smallest absolute Gasteiger partial charge is 0.269 e. The molecule has 1 aromatic heterocycles. The van der Waals surface area contributed by atoms with Crippen molar-refractivity contribution in [3.05, 3.63) is 18.0 Å². The molecule has 3 aliphatic rings. The Hall–Kier alpha value is -1.89. The van der Waals surface area contributed by atoms with Crippen LogP contribution in [0.2, 0.25) is 0 Å². The molecule has 2 aliphatic heterocycles. The highest BCUT2D eigenvalue weighted by Crippen LogP contribution is 2.41. The molecule has 7 nitrogen and oxygen atoms in total. The van der Waals surface area contributed by atoms with Gasteiger partial charge in [0.05, 0.1) is 12.7 Å². The molecule has 0 unspecified atom stereocenters. The number of fused-ring (bicyclic) bond motifs is 1. The Balaban J connectivity index is 1.32. The van der Waals surface area contributed by atoms with E-state index >= 15 is 0 Å². The molecule has 0 aromatic carbocycles. The second-order valence-corrected chi connectivity index (χ2v) is 7.41. The van der Waals surface area contributed by atoms with E-state index < -0.39 is 0 Å². The molecule has 2 saturated heterocycles. The Morgan fingerprint density at radius 3 is 2.88 bits per heavy atom. The summed E-state index contributed by atoms with van der Waals surface area (Å²) in [6.07, 6.45) is 2.76. The van der Waals surface area contributed by atoms with Crippen LogP contribution >= 0.6 is 0 Å². The number of nitrogens with one attached hydrogen (secondary N) is 1. The van der Waals surface area contributed by atoms with Crippen molar-refractivity contribution in [3.8, 4) is 0 Å². The van der Waals surface area contributed by atoms with Gasteiger partial charge in [0, 0.05) is 50.6 Å². The van der Waals surface area contributed by atoms with Gasteiger partial charge in [-0.3, -0.25) is 14.3 Å². The summed E-state index contributed by atoms with van der Waals surface area (Å²) < 4.78 is 7.45. The van der Waals surface area contributed by atoms with Crippen molar-refractivity contribution >= 4 is 11.8 Å². The molecule has 2 amide bonds. The fraction of sp³-hybridized carbons (Fsp3) is 0.706. The standard InChI is InChI=1S/C17H24N4O3/c1-10-5-12(10)17(23)21-7-13-11(9-24-15(13)8-21)6-18-16(22)14-3-4-19-20(14)2/h3-4,10-13,15H,5-9H2,1-2H3,(H,18,22)/t10-,11+,12-,13-,15-/m1/s1. The van der Waals surface area contributed by atoms with Crippen LogP contribution in [0, 0.1) is 23.7 Å². The fourth-order valence-electron chi connectivity index (χ4n) is 4.00. The number of carbonyl (C=O) groups excluding carboxylic acids is 2. The third-order valence-electron chi connectivity index (χ3n) is 5.76. The van der Waals surface area contributed by atoms with Gasteiger partial charge in [0.2, 0.25) is 5.91 Å². The number of aromatic nitrogens is 2. The lowest BCUT2D eigenvalue weighted by Crippen LogP contribution is -2.36. The molecule has 4 rings (SSSR count). The van der Waals surface area contributed by atoms with Crippen LogP contribution in [-0.4, -0.2) is 58.8 Å². The van der Waals surface area contributed by atoms with E-state index in [4.69, 9.17) is 4.74 Å². The first-order valence-electron chi connectivity index (χ1n) is 8.71. The quantitative estimate of drug-likeness (QED) is 0.859. The summed E-state index contributed by atoms with van der Waals surface area (Å²) in [6, 6.07) is 1.70. The van der Waals surface area contributed by atoms with Gasteiger partial charge in [0.25, 0.3) is 5.91 Å². The summed E-state index contributed by atoms with van der Waals surface area (Å²) >= 11 is 0. The molecule has 7 heteroatoms. The Bertz CT molecular complexity index is 658. The number of aryl methyl sites for hydroxylation is 1. The highest BCUT2D eigenvalue weighted by molar-refractivity contribution is 5.92. The van der Waals surface area contributed by atoms with Gasteiger partial charge >= 0.3 is 0 Å². The third kappa shape index (κ3) is 2.70.